The largest absolute Gasteiger partial charge is 0.436 e. The zero-order valence-electron chi connectivity index (χ0n) is 16.6. The number of rotatable bonds is 5. The molecule has 3 aromatic carbocycles. The molecule has 0 bridgehead atoms. The highest BCUT2D eigenvalue weighted by atomic mass is 35.5. The first kappa shape index (κ1) is 20.5. The maximum Gasteiger partial charge on any atom is 0.257 e. The number of hydrogen-bond acceptors (Lipinski definition) is 3. The molecule has 152 valence electrons. The first-order chi connectivity index (χ1) is 14.4. The predicted octanol–water partition coefficient (Wildman–Crippen LogP) is 7.57. The summed E-state index contributed by atoms with van der Waals surface area (Å²) in [5.41, 5.74) is 4.64. The molecule has 0 saturated heterocycles. The normalized spacial score (nSPS) is 12.1. The van der Waals surface area contributed by atoms with Crippen LogP contribution in [0.15, 0.2) is 65.1 Å². The van der Waals surface area contributed by atoms with Crippen LogP contribution in [-0.4, -0.2) is 10.9 Å². The quantitative estimate of drug-likeness (QED) is 0.349. The van der Waals surface area contributed by atoms with Gasteiger partial charge in [0.05, 0.1) is 10.6 Å². The molecule has 0 spiro atoms. The molecule has 4 rings (SSSR count). The molecule has 30 heavy (non-hydrogen) atoms. The number of anilines is 1. The fraction of sp³-hybridized carbons (Fsp3) is 0.167. The number of carbonyl (C=O) groups excluding carboxylic acids is 1. The molecule has 1 heterocycles. The monoisotopic (exact) mass is 438 g/mol. The second-order valence-electron chi connectivity index (χ2n) is 7.21. The van der Waals surface area contributed by atoms with Crippen LogP contribution in [0, 0.1) is 0 Å². The number of carbonyl (C=O) groups is 1. The van der Waals surface area contributed by atoms with Crippen molar-refractivity contribution >= 4 is 45.9 Å². The van der Waals surface area contributed by atoms with Gasteiger partial charge in [0.1, 0.15) is 5.52 Å². The maximum absolute atomic E-state index is 12.5. The molecular weight excluding hydrogens is 419 g/mol. The highest BCUT2D eigenvalue weighted by Gasteiger charge is 2.13. The lowest BCUT2D eigenvalue weighted by atomic mass is 9.98. The van der Waals surface area contributed by atoms with E-state index in [1.54, 1.807) is 30.3 Å². The van der Waals surface area contributed by atoms with E-state index in [-0.39, 0.29) is 5.91 Å². The van der Waals surface area contributed by atoms with Crippen molar-refractivity contribution in [1.29, 1.82) is 0 Å². The summed E-state index contributed by atoms with van der Waals surface area (Å²) >= 11 is 12.1. The molecule has 6 heteroatoms. The molecule has 0 saturated carbocycles. The van der Waals surface area contributed by atoms with Gasteiger partial charge in [-0.1, -0.05) is 43.1 Å². The Kier molecular flexibility index (Phi) is 5.80. The van der Waals surface area contributed by atoms with E-state index in [4.69, 9.17) is 27.6 Å². The molecule has 4 nitrogen and oxygen atoms in total. The van der Waals surface area contributed by atoms with Gasteiger partial charge >= 0.3 is 0 Å². The second-order valence-corrected chi connectivity index (χ2v) is 8.05. The number of amides is 1. The molecule has 4 aromatic rings. The molecule has 1 N–H and O–H groups in total. The molecule has 1 atom stereocenters. The third-order valence-corrected chi connectivity index (χ3v) is 5.72. The molecule has 0 aliphatic rings. The summed E-state index contributed by atoms with van der Waals surface area (Å²) in [4.78, 5) is 17.1. The van der Waals surface area contributed by atoms with E-state index in [1.807, 2.05) is 18.2 Å². The molecular formula is C24H20Cl2N2O2. The molecule has 0 aliphatic carbocycles. The van der Waals surface area contributed by atoms with Gasteiger partial charge in [-0.2, -0.15) is 0 Å². The number of hydrogen-bond donors (Lipinski definition) is 1. The second kappa shape index (κ2) is 8.50. The number of nitrogens with one attached hydrogen (secondary N) is 1. The van der Waals surface area contributed by atoms with Gasteiger partial charge in [-0.15, -0.1) is 0 Å². The van der Waals surface area contributed by atoms with Crippen LogP contribution < -0.4 is 5.32 Å². The van der Waals surface area contributed by atoms with Gasteiger partial charge in [0.15, 0.2) is 5.58 Å². The highest BCUT2D eigenvalue weighted by molar-refractivity contribution is 6.36. The lowest BCUT2D eigenvalue weighted by molar-refractivity contribution is 0.102. The summed E-state index contributed by atoms with van der Waals surface area (Å²) in [5, 5.41) is 3.62. The summed E-state index contributed by atoms with van der Waals surface area (Å²) in [6, 6.07) is 18.2. The molecule has 0 unspecified atom stereocenters. The van der Waals surface area contributed by atoms with Crippen molar-refractivity contribution in [2.45, 2.75) is 26.2 Å². The molecule has 1 amide bonds. The molecule has 1 aromatic heterocycles. The van der Waals surface area contributed by atoms with Crippen LogP contribution in [0.2, 0.25) is 10.0 Å². The van der Waals surface area contributed by atoms with Crippen LogP contribution in [0.4, 0.5) is 5.69 Å². The van der Waals surface area contributed by atoms with Gasteiger partial charge in [-0.05, 0) is 72.5 Å². The number of benzene rings is 3. The number of aromatic nitrogens is 1. The van der Waals surface area contributed by atoms with E-state index in [9.17, 15) is 4.79 Å². The average molecular weight is 439 g/mol. The van der Waals surface area contributed by atoms with Gasteiger partial charge < -0.3 is 9.73 Å². The van der Waals surface area contributed by atoms with Crippen LogP contribution in [-0.2, 0) is 0 Å². The zero-order valence-corrected chi connectivity index (χ0v) is 18.1. The van der Waals surface area contributed by atoms with Crippen LogP contribution >= 0.6 is 23.2 Å². The fourth-order valence-corrected chi connectivity index (χ4v) is 3.55. The molecule has 0 fully saturated rings. The minimum Gasteiger partial charge on any atom is -0.436 e. The van der Waals surface area contributed by atoms with Gasteiger partial charge in [0, 0.05) is 16.3 Å². The maximum atomic E-state index is 12.5. The number of oxazole rings is 1. The van der Waals surface area contributed by atoms with E-state index in [0.29, 0.717) is 33.1 Å². The number of nitrogens with zero attached hydrogens (tertiary/aromatic N) is 1. The van der Waals surface area contributed by atoms with E-state index >= 15 is 0 Å². The summed E-state index contributed by atoms with van der Waals surface area (Å²) in [7, 11) is 0. The lowest BCUT2D eigenvalue weighted by Crippen LogP contribution is -2.12. The van der Waals surface area contributed by atoms with E-state index in [2.05, 4.69) is 36.3 Å². The van der Waals surface area contributed by atoms with E-state index in [0.717, 1.165) is 23.1 Å². The van der Waals surface area contributed by atoms with Crippen molar-refractivity contribution in [3.8, 4) is 11.5 Å². The number of fused-ring (bicyclic) bond motifs is 1. The average Bonchev–Trinajstić information content (AvgIpc) is 3.18. The Balaban J connectivity index is 1.54. The van der Waals surface area contributed by atoms with Crippen LogP contribution in [0.1, 0.15) is 42.1 Å². The van der Waals surface area contributed by atoms with Crippen LogP contribution in [0.25, 0.3) is 22.6 Å². The Hall–Kier alpha value is -2.82. The van der Waals surface area contributed by atoms with Gasteiger partial charge in [-0.3, -0.25) is 4.79 Å². The van der Waals surface area contributed by atoms with Crippen LogP contribution in [0.3, 0.4) is 0 Å². The summed E-state index contributed by atoms with van der Waals surface area (Å²) in [6.07, 6.45) is 1.07. The van der Waals surface area contributed by atoms with E-state index < -0.39 is 0 Å². The van der Waals surface area contributed by atoms with E-state index in [1.165, 1.54) is 5.56 Å². The zero-order chi connectivity index (χ0) is 21.3. The Bertz CT molecular complexity index is 1220. The lowest BCUT2D eigenvalue weighted by Gasteiger charge is -2.07. The first-order valence-electron chi connectivity index (χ1n) is 9.72. The highest BCUT2D eigenvalue weighted by Crippen LogP contribution is 2.29. The standard InChI is InChI=1S/C24H20Cl2N2O2/c1-3-14(2)16-6-11-22-21(12-16)28-24(30-22)15-4-8-18(9-5-15)27-23(29)19-13-17(25)7-10-20(19)26/h4-14H,3H2,1-2H3,(H,27,29)/t14-/m0/s1. The van der Waals surface area contributed by atoms with Gasteiger partial charge in [-0.25, -0.2) is 4.98 Å². The van der Waals surface area contributed by atoms with Crippen molar-refractivity contribution in [3.05, 3.63) is 81.8 Å². The Morgan fingerprint density at radius 3 is 2.57 bits per heavy atom. The smallest absolute Gasteiger partial charge is 0.257 e. The van der Waals surface area contributed by atoms with Crippen molar-refractivity contribution in [2.24, 2.45) is 0 Å². The summed E-state index contributed by atoms with van der Waals surface area (Å²) in [6.45, 7) is 4.37. The minimum absolute atomic E-state index is 0.323. The van der Waals surface area contributed by atoms with Gasteiger partial charge in [0.2, 0.25) is 5.89 Å². The van der Waals surface area contributed by atoms with Crippen molar-refractivity contribution < 1.29 is 9.21 Å². The van der Waals surface area contributed by atoms with Crippen LogP contribution in [0.5, 0.6) is 0 Å². The van der Waals surface area contributed by atoms with Crippen molar-refractivity contribution in [2.75, 3.05) is 5.32 Å². The van der Waals surface area contributed by atoms with Crippen molar-refractivity contribution in [3.63, 3.8) is 0 Å². The number of halogens is 2. The minimum atomic E-state index is -0.324. The predicted molar refractivity (Wildman–Crippen MR) is 123 cm³/mol. The summed E-state index contributed by atoms with van der Waals surface area (Å²) in [5.74, 6) is 0.696. The van der Waals surface area contributed by atoms with Crippen molar-refractivity contribution in [1.82, 2.24) is 4.98 Å². The fourth-order valence-electron chi connectivity index (χ4n) is 3.18. The Morgan fingerprint density at radius 2 is 1.83 bits per heavy atom. The SMILES string of the molecule is CC[C@H](C)c1ccc2oc(-c3ccc(NC(=O)c4cc(Cl)ccc4Cl)cc3)nc2c1. The van der Waals surface area contributed by atoms with Gasteiger partial charge in [0.25, 0.3) is 5.91 Å². The third kappa shape index (κ3) is 4.20. The topological polar surface area (TPSA) is 55.1 Å². The molecule has 0 aliphatic heterocycles. The first-order valence-corrected chi connectivity index (χ1v) is 10.5. The Morgan fingerprint density at radius 1 is 1.07 bits per heavy atom. The summed E-state index contributed by atoms with van der Waals surface area (Å²) < 4.78 is 5.91. The molecule has 0 radical (unpaired) electrons. The third-order valence-electron chi connectivity index (χ3n) is 5.16. The Labute approximate surface area is 184 Å².